The molecule has 3 N–H and O–H groups in total. The number of rotatable bonds is 9. The third-order valence-electron chi connectivity index (χ3n) is 7.06. The van der Waals surface area contributed by atoms with Crippen LogP contribution in [0, 0.1) is 4.91 Å². The van der Waals surface area contributed by atoms with E-state index in [4.69, 9.17) is 5.84 Å². The van der Waals surface area contributed by atoms with Crippen LogP contribution in [0.2, 0.25) is 0 Å². The van der Waals surface area contributed by atoms with Gasteiger partial charge in [-0.15, -0.1) is 5.11 Å². The average molecular weight is 532 g/mol. The predicted molar refractivity (Wildman–Crippen MR) is 153 cm³/mol. The van der Waals surface area contributed by atoms with Crippen LogP contribution >= 0.6 is 0 Å². The van der Waals surface area contributed by atoms with Gasteiger partial charge < -0.3 is 21.0 Å². The molecule has 206 valence electrons. The number of nitrogens with zero attached hydrogens (tertiary/aromatic N) is 5. The van der Waals surface area contributed by atoms with Crippen LogP contribution in [-0.2, 0) is 4.79 Å². The van der Waals surface area contributed by atoms with Crippen LogP contribution < -0.4 is 11.2 Å². The summed E-state index contributed by atoms with van der Waals surface area (Å²) in [5, 5.41) is 14.1. The maximum Gasteiger partial charge on any atom is 0.253 e. The molecule has 1 saturated heterocycles. The normalized spacial score (nSPS) is 17.3. The molecule has 2 aliphatic rings. The Morgan fingerprint density at radius 1 is 1.10 bits per heavy atom. The fraction of sp³-hybridized carbons (Fsp3) is 0.448. The number of likely N-dealkylation sites (tertiary alicyclic amines) is 1. The lowest BCUT2D eigenvalue weighted by molar-refractivity contribution is -0.128. The Bertz CT molecular complexity index is 1260. The minimum atomic E-state index is -0.897. The van der Waals surface area contributed by atoms with E-state index in [-0.39, 0.29) is 24.8 Å². The largest absolute Gasteiger partial charge is 0.361 e. The minimum absolute atomic E-state index is 0.0735. The van der Waals surface area contributed by atoms with Crippen molar-refractivity contribution in [3.63, 3.8) is 0 Å². The van der Waals surface area contributed by atoms with Crippen LogP contribution in [0.1, 0.15) is 62.4 Å². The molecule has 1 atom stereocenters. The maximum absolute atomic E-state index is 13.6. The summed E-state index contributed by atoms with van der Waals surface area (Å²) < 4.78 is 0. The fourth-order valence-electron chi connectivity index (χ4n) is 5.10. The molecule has 0 saturated carbocycles. The summed E-state index contributed by atoms with van der Waals surface area (Å²) in [6.07, 6.45) is 4.48. The third kappa shape index (κ3) is 6.68. The summed E-state index contributed by atoms with van der Waals surface area (Å²) in [7, 11) is 0. The summed E-state index contributed by atoms with van der Waals surface area (Å²) in [5.41, 5.74) is 3.89. The van der Waals surface area contributed by atoms with Crippen LogP contribution in [0.5, 0.6) is 0 Å². The van der Waals surface area contributed by atoms with Gasteiger partial charge in [0.05, 0.1) is 0 Å². The fourth-order valence-corrected chi connectivity index (χ4v) is 5.10. The maximum atomic E-state index is 13.6. The van der Waals surface area contributed by atoms with Gasteiger partial charge >= 0.3 is 0 Å². The van der Waals surface area contributed by atoms with Crippen molar-refractivity contribution in [2.24, 2.45) is 21.4 Å². The highest BCUT2D eigenvalue weighted by molar-refractivity contribution is 5.99. The number of benzene rings is 2. The summed E-state index contributed by atoms with van der Waals surface area (Å²) in [4.78, 5) is 41.2. The van der Waals surface area contributed by atoms with Gasteiger partial charge in [-0.25, -0.2) is 0 Å². The third-order valence-corrected chi connectivity index (χ3v) is 7.06. The molecule has 10 nitrogen and oxygen atoms in total. The van der Waals surface area contributed by atoms with Gasteiger partial charge in [-0.1, -0.05) is 41.6 Å². The average Bonchev–Trinajstić information content (AvgIpc) is 3.41. The van der Waals surface area contributed by atoms with Gasteiger partial charge in [-0.3, -0.25) is 9.59 Å². The second kappa shape index (κ2) is 12.2. The molecule has 2 heterocycles. The molecule has 0 bridgehead atoms. The van der Waals surface area contributed by atoms with E-state index in [2.05, 4.69) is 20.8 Å². The SMILES string of the molecule is CCCN(CC(C)(C)N=O)C(=O)C1=Cc2ccc(-c3ccc(C(=O)N4CCCC4)cc3)cc2NC(N=NN)C1. The molecule has 0 radical (unpaired) electrons. The number of carbonyl (C=O) groups is 2. The van der Waals surface area contributed by atoms with Gasteiger partial charge in [0, 0.05) is 49.4 Å². The Balaban J connectivity index is 1.62. The summed E-state index contributed by atoms with van der Waals surface area (Å²) >= 11 is 0. The predicted octanol–water partition coefficient (Wildman–Crippen LogP) is 5.22. The van der Waals surface area contributed by atoms with Crippen molar-refractivity contribution in [3.8, 4) is 11.1 Å². The lowest BCUT2D eigenvalue weighted by Crippen LogP contribution is -2.42. The number of nitrogens with one attached hydrogen (secondary N) is 1. The van der Waals surface area contributed by atoms with Crippen molar-refractivity contribution in [2.45, 2.75) is 58.2 Å². The molecule has 0 spiro atoms. The Morgan fingerprint density at radius 3 is 2.44 bits per heavy atom. The van der Waals surface area contributed by atoms with Crippen molar-refractivity contribution in [1.29, 1.82) is 0 Å². The number of hydrogen-bond acceptors (Lipinski definition) is 7. The first-order valence-corrected chi connectivity index (χ1v) is 13.5. The first kappa shape index (κ1) is 27.9. The molecule has 1 fully saturated rings. The van der Waals surface area contributed by atoms with Crippen LogP contribution in [-0.4, -0.2) is 59.5 Å². The number of nitrogens with two attached hydrogens (primary N) is 1. The number of hydrogen-bond donors (Lipinski definition) is 2. The molecular formula is C29H37N7O3. The first-order chi connectivity index (χ1) is 18.7. The minimum Gasteiger partial charge on any atom is -0.361 e. The number of carbonyl (C=O) groups excluding carboxylic acids is 2. The summed E-state index contributed by atoms with van der Waals surface area (Å²) in [6, 6.07) is 13.6. The topological polar surface area (TPSA) is 133 Å². The van der Waals surface area contributed by atoms with Crippen molar-refractivity contribution in [2.75, 3.05) is 31.5 Å². The molecule has 2 aliphatic heterocycles. The Hall–Kier alpha value is -4.08. The molecule has 1 unspecified atom stereocenters. The van der Waals surface area contributed by atoms with Gasteiger partial charge in [0.25, 0.3) is 5.91 Å². The Kier molecular flexibility index (Phi) is 8.73. The molecule has 2 amide bonds. The molecule has 0 aliphatic carbocycles. The molecule has 39 heavy (non-hydrogen) atoms. The van der Waals surface area contributed by atoms with E-state index in [1.54, 1.807) is 18.7 Å². The molecule has 0 aromatic heterocycles. The van der Waals surface area contributed by atoms with Gasteiger partial charge in [-0.2, -0.15) is 4.91 Å². The van der Waals surface area contributed by atoms with Gasteiger partial charge in [0.2, 0.25) is 5.91 Å². The smallest absolute Gasteiger partial charge is 0.253 e. The van der Waals surface area contributed by atoms with Gasteiger partial charge in [0.15, 0.2) is 0 Å². The highest BCUT2D eigenvalue weighted by Gasteiger charge is 2.29. The standard InChI is InChI=1S/C29H37N7O3/c1-4-13-36(19-29(2,3)33-39)28(38)24-16-23-12-11-22(17-25(23)31-26(18-24)32-34-30)20-7-9-21(10-8-20)27(37)35-14-5-6-15-35/h7-12,16-17,26,31H,4-6,13-15,18-19H2,1-3H3,(H2,30,32). The molecule has 2 aromatic rings. The van der Waals surface area contributed by atoms with E-state index >= 15 is 0 Å². The van der Waals surface area contributed by atoms with Crippen LogP contribution in [0.15, 0.2) is 63.6 Å². The van der Waals surface area contributed by atoms with Crippen molar-refractivity contribution in [3.05, 3.63) is 64.1 Å². The number of fused-ring (bicyclic) bond motifs is 1. The highest BCUT2D eigenvalue weighted by Crippen LogP contribution is 2.32. The van der Waals surface area contributed by atoms with Crippen molar-refractivity contribution in [1.82, 2.24) is 9.80 Å². The van der Waals surface area contributed by atoms with E-state index in [1.165, 1.54) is 0 Å². The van der Waals surface area contributed by atoms with E-state index in [0.29, 0.717) is 17.7 Å². The van der Waals surface area contributed by atoms with Gasteiger partial charge in [-0.05, 0) is 74.1 Å². The second-order valence-electron chi connectivity index (χ2n) is 10.8. The van der Waals surface area contributed by atoms with E-state index in [9.17, 15) is 14.5 Å². The Morgan fingerprint density at radius 2 is 1.79 bits per heavy atom. The lowest BCUT2D eigenvalue weighted by Gasteiger charge is -2.29. The molecule has 2 aromatic carbocycles. The molecular weight excluding hydrogens is 494 g/mol. The van der Waals surface area contributed by atoms with Crippen LogP contribution in [0.3, 0.4) is 0 Å². The van der Waals surface area contributed by atoms with Crippen molar-refractivity contribution < 1.29 is 9.59 Å². The first-order valence-electron chi connectivity index (χ1n) is 13.5. The number of amides is 2. The van der Waals surface area contributed by atoms with Crippen LogP contribution in [0.4, 0.5) is 5.69 Å². The van der Waals surface area contributed by atoms with Crippen LogP contribution in [0.25, 0.3) is 17.2 Å². The van der Waals surface area contributed by atoms with E-state index < -0.39 is 11.7 Å². The highest BCUT2D eigenvalue weighted by atomic mass is 16.3. The van der Waals surface area contributed by atoms with E-state index in [1.807, 2.05) is 60.4 Å². The van der Waals surface area contributed by atoms with Gasteiger partial charge in [0.1, 0.15) is 11.7 Å². The Labute approximate surface area is 229 Å². The zero-order chi connectivity index (χ0) is 28.0. The summed E-state index contributed by atoms with van der Waals surface area (Å²) in [6.45, 7) is 7.79. The quantitative estimate of drug-likeness (QED) is 0.198. The number of anilines is 1. The summed E-state index contributed by atoms with van der Waals surface area (Å²) in [5.74, 6) is 5.30. The number of nitroso groups, excluding NO2 is 1. The second-order valence-corrected chi connectivity index (χ2v) is 10.8. The lowest BCUT2D eigenvalue weighted by atomic mass is 9.99. The zero-order valence-corrected chi connectivity index (χ0v) is 22.9. The van der Waals surface area contributed by atoms with E-state index in [0.717, 1.165) is 54.7 Å². The van der Waals surface area contributed by atoms with Crippen molar-refractivity contribution >= 4 is 23.6 Å². The zero-order valence-electron chi connectivity index (χ0n) is 22.9. The molecule has 4 rings (SSSR count). The molecule has 10 heteroatoms. The monoisotopic (exact) mass is 531 g/mol.